The van der Waals surface area contributed by atoms with E-state index in [1.165, 1.54) is 82.8 Å². The molecular formula is C138H92N6O3S3. The van der Waals surface area contributed by atoms with Crippen LogP contribution in [0.4, 0.5) is 102 Å². The number of thiophene rings is 3. The topological polar surface area (TPSA) is 58.9 Å². The lowest BCUT2D eigenvalue weighted by Gasteiger charge is -2.27. The minimum absolute atomic E-state index is 0.842. The molecule has 0 N–H and O–H groups in total. The number of para-hydroxylation sites is 7. The number of benzene rings is 23. The summed E-state index contributed by atoms with van der Waals surface area (Å²) in [5.74, 6) is 0. The Morgan fingerprint density at radius 3 is 0.580 bits per heavy atom. The molecule has 0 unspecified atom stereocenters. The first-order valence-corrected chi connectivity index (χ1v) is 52.9. The van der Waals surface area contributed by atoms with Crippen LogP contribution in [0.2, 0.25) is 0 Å². The Balaban J connectivity index is 0.000000111. The summed E-state index contributed by atoms with van der Waals surface area (Å²) < 4.78 is 27.8. The molecule has 29 aromatic rings. The largest absolute Gasteiger partial charge is 0.456 e. The molecule has 0 fully saturated rings. The third-order valence-corrected chi connectivity index (χ3v) is 31.7. The van der Waals surface area contributed by atoms with Crippen molar-refractivity contribution in [1.29, 1.82) is 0 Å². The number of rotatable bonds is 20. The fraction of sp³-hybridized carbons (Fsp3) is 0. The lowest BCUT2D eigenvalue weighted by atomic mass is 10.0. The summed E-state index contributed by atoms with van der Waals surface area (Å²) in [6.07, 6.45) is 0. The molecule has 6 aromatic heterocycles. The van der Waals surface area contributed by atoms with Gasteiger partial charge in [0.15, 0.2) is 0 Å². The van der Waals surface area contributed by atoms with Gasteiger partial charge in [0.05, 0.1) is 33.2 Å². The SMILES string of the molecule is c1ccc(-c2ccc(N(c3ccc4c(c3)sc3ccccc34)c3cccc4oc5cc(N(c6ccccc6)c6ccccc6)ccc5c34)cc2)cc1.c1ccc(-c2ccc(N(c3ccccc3)c3ccc4c(c3)oc3cccc(N(c5ccccc5)c5ccc6c(c5)sc5ccccc56)c34)cc2)cc1.c1ccc(N(c2ccccc2)c2ccc3c(c2)oc2cccc(N(c4ccccc4)c4ccc5c(c4)sc4ccccc45)c23)cc1. The predicted octanol–water partition coefficient (Wildman–Crippen LogP) is 42.0. The van der Waals surface area contributed by atoms with E-state index < -0.39 is 0 Å². The highest BCUT2D eigenvalue weighted by atomic mass is 32.1. The quantitative estimate of drug-likeness (QED) is 0.0743. The molecule has 12 heteroatoms. The zero-order valence-corrected chi connectivity index (χ0v) is 83.7. The van der Waals surface area contributed by atoms with E-state index in [1.54, 1.807) is 0 Å². The Kier molecular flexibility index (Phi) is 23.4. The molecule has 710 valence electrons. The van der Waals surface area contributed by atoms with Crippen LogP contribution in [0.25, 0.3) is 149 Å². The molecule has 0 aliphatic carbocycles. The number of hydrogen-bond donors (Lipinski definition) is 0. The van der Waals surface area contributed by atoms with Gasteiger partial charge < -0.3 is 42.7 Å². The number of furan rings is 3. The monoisotopic (exact) mass is 1980 g/mol. The van der Waals surface area contributed by atoms with Crippen LogP contribution < -0.4 is 29.4 Å². The van der Waals surface area contributed by atoms with Gasteiger partial charge in [0.1, 0.15) is 33.5 Å². The first-order chi connectivity index (χ1) is 74.4. The molecule has 9 nitrogen and oxygen atoms in total. The summed E-state index contributed by atoms with van der Waals surface area (Å²) in [6.45, 7) is 0. The molecule has 150 heavy (non-hydrogen) atoms. The lowest BCUT2D eigenvalue weighted by Crippen LogP contribution is -2.10. The number of nitrogens with zero attached hydrogens (tertiary/aromatic N) is 6. The summed E-state index contributed by atoms with van der Waals surface area (Å²) in [4.78, 5) is 13.9. The maximum absolute atomic E-state index is 6.71. The molecule has 0 aliphatic rings. The molecule has 0 aliphatic heterocycles. The van der Waals surface area contributed by atoms with Crippen molar-refractivity contribution in [3.63, 3.8) is 0 Å². The van der Waals surface area contributed by atoms with Gasteiger partial charge in [-0.3, -0.25) is 0 Å². The highest BCUT2D eigenvalue weighted by Crippen LogP contribution is 2.53. The second-order valence-electron chi connectivity index (χ2n) is 37.3. The minimum Gasteiger partial charge on any atom is -0.456 e. The van der Waals surface area contributed by atoms with Gasteiger partial charge in [-0.2, -0.15) is 0 Å². The maximum atomic E-state index is 6.71. The highest BCUT2D eigenvalue weighted by Gasteiger charge is 2.29. The summed E-state index contributed by atoms with van der Waals surface area (Å²) in [6, 6.07) is 198. The second-order valence-corrected chi connectivity index (χ2v) is 40.6. The fourth-order valence-electron chi connectivity index (χ4n) is 21.5. The van der Waals surface area contributed by atoms with E-state index in [4.69, 9.17) is 13.3 Å². The van der Waals surface area contributed by atoms with Gasteiger partial charge in [-0.1, -0.05) is 303 Å². The van der Waals surface area contributed by atoms with Crippen LogP contribution in [0, 0.1) is 0 Å². The minimum atomic E-state index is 0.842. The van der Waals surface area contributed by atoms with Gasteiger partial charge in [-0.05, 0) is 259 Å². The van der Waals surface area contributed by atoms with E-state index in [2.05, 4.69) is 575 Å². The van der Waals surface area contributed by atoms with Crippen molar-refractivity contribution in [1.82, 2.24) is 0 Å². The van der Waals surface area contributed by atoms with Crippen molar-refractivity contribution in [3.8, 4) is 22.3 Å². The van der Waals surface area contributed by atoms with E-state index in [0.29, 0.717) is 0 Å². The van der Waals surface area contributed by atoms with Crippen molar-refractivity contribution in [2.75, 3.05) is 29.4 Å². The molecule has 0 saturated carbocycles. The molecule has 0 saturated heterocycles. The Morgan fingerprint density at radius 1 is 0.120 bits per heavy atom. The Labute approximate surface area is 878 Å². The third kappa shape index (κ3) is 16.8. The molecule has 29 rings (SSSR count). The van der Waals surface area contributed by atoms with Gasteiger partial charge in [-0.15, -0.1) is 34.0 Å². The van der Waals surface area contributed by atoms with Crippen molar-refractivity contribution in [2.24, 2.45) is 0 Å². The molecule has 0 radical (unpaired) electrons. The Hall–Kier alpha value is -19.1. The van der Waals surface area contributed by atoms with Crippen molar-refractivity contribution >= 4 is 263 Å². The van der Waals surface area contributed by atoms with Crippen LogP contribution in [-0.4, -0.2) is 0 Å². The lowest BCUT2D eigenvalue weighted by molar-refractivity contribution is 0.668. The van der Waals surface area contributed by atoms with Crippen LogP contribution in [-0.2, 0) is 0 Å². The highest BCUT2D eigenvalue weighted by molar-refractivity contribution is 7.26. The normalized spacial score (nSPS) is 11.5. The van der Waals surface area contributed by atoms with Gasteiger partial charge in [0.25, 0.3) is 0 Å². The van der Waals surface area contributed by atoms with Crippen LogP contribution in [0.3, 0.4) is 0 Å². The van der Waals surface area contributed by atoms with E-state index in [-0.39, 0.29) is 0 Å². The number of fused-ring (bicyclic) bond motifs is 18. The molecule has 0 atom stereocenters. The smallest absolute Gasteiger partial charge is 0.137 e. The molecule has 0 bridgehead atoms. The van der Waals surface area contributed by atoms with Gasteiger partial charge in [-0.25, -0.2) is 0 Å². The first-order valence-electron chi connectivity index (χ1n) is 50.5. The third-order valence-electron chi connectivity index (χ3n) is 28.3. The summed E-state index contributed by atoms with van der Waals surface area (Å²) in [5.41, 5.74) is 29.3. The zero-order chi connectivity index (χ0) is 99.3. The van der Waals surface area contributed by atoms with Gasteiger partial charge in [0, 0.05) is 180 Å². The summed E-state index contributed by atoms with van der Waals surface area (Å²) in [7, 11) is 0. The fourth-order valence-corrected chi connectivity index (χ4v) is 24.9. The molecule has 0 amide bonds. The van der Waals surface area contributed by atoms with E-state index in [1.807, 2.05) is 46.1 Å². The summed E-state index contributed by atoms with van der Waals surface area (Å²) in [5, 5.41) is 14.3. The van der Waals surface area contributed by atoms with Crippen molar-refractivity contribution in [2.45, 2.75) is 0 Å². The molecular weight excluding hydrogens is 1890 g/mol. The van der Waals surface area contributed by atoms with Crippen LogP contribution >= 0.6 is 34.0 Å². The average molecular weight is 1980 g/mol. The Morgan fingerprint density at radius 2 is 0.313 bits per heavy atom. The van der Waals surface area contributed by atoms with Crippen LogP contribution in [0.5, 0.6) is 0 Å². The number of anilines is 18. The van der Waals surface area contributed by atoms with Gasteiger partial charge in [0.2, 0.25) is 0 Å². The van der Waals surface area contributed by atoms with E-state index >= 15 is 0 Å². The maximum Gasteiger partial charge on any atom is 0.137 e. The summed E-state index contributed by atoms with van der Waals surface area (Å²) >= 11 is 5.53. The van der Waals surface area contributed by atoms with E-state index in [9.17, 15) is 0 Å². The van der Waals surface area contributed by atoms with Crippen LogP contribution in [0.15, 0.2) is 571 Å². The van der Waals surface area contributed by atoms with E-state index in [0.717, 1.165) is 168 Å². The standard InChI is InChI=1S/2C48H32N2OS.C42H28N2OS/c1-4-13-33(14-5-1)34-23-25-37(26-24-34)49(35-15-6-2-7-16-35)38-28-30-42-45(31-38)51-44-21-12-20-43(48(42)44)50(36-17-8-3-9-18-36)39-27-29-41-40-19-10-11-22-46(40)52-47(41)32-39;1-4-13-33(14-5-1)34-23-25-37(26-24-34)50(39-27-29-41-40-19-10-11-22-46(40)52-47(41)32-39)43-20-12-21-44-48(43)42-30-28-38(31-45(42)51-44)49(35-15-6-2-7-16-35)36-17-8-3-9-18-36;1-4-13-29(14-5-1)43(30-15-6-2-7-16-30)32-24-26-36-39(27-32)45-38-21-12-20-37(42(36)38)44(31-17-8-3-9-18-31)33-23-25-35-34-19-10-11-22-40(34)46-41(35)28-33/h2*1-32H;1-28H. The van der Waals surface area contributed by atoms with Crippen molar-refractivity contribution in [3.05, 3.63) is 558 Å². The van der Waals surface area contributed by atoms with Crippen molar-refractivity contribution < 1.29 is 13.3 Å². The van der Waals surface area contributed by atoms with Crippen LogP contribution in [0.1, 0.15) is 0 Å². The Bertz CT molecular complexity index is 9910. The molecule has 23 aromatic carbocycles. The number of hydrogen-bond acceptors (Lipinski definition) is 12. The molecule has 0 spiro atoms. The van der Waals surface area contributed by atoms with Gasteiger partial charge >= 0.3 is 0 Å². The first kappa shape index (κ1) is 89.7. The predicted molar refractivity (Wildman–Crippen MR) is 639 cm³/mol. The molecule has 6 heterocycles. The average Bonchev–Trinajstić information content (AvgIpc) is 1.59. The zero-order valence-electron chi connectivity index (χ0n) is 81.2. The second kappa shape index (κ2) is 39.1.